The highest BCUT2D eigenvalue weighted by molar-refractivity contribution is 6.04. The highest BCUT2D eigenvalue weighted by Gasteiger charge is 2.22. The van der Waals surface area contributed by atoms with Crippen LogP contribution in [0.15, 0.2) is 41.3 Å². The highest BCUT2D eigenvalue weighted by Crippen LogP contribution is 2.41. The van der Waals surface area contributed by atoms with Gasteiger partial charge in [0.25, 0.3) is 11.5 Å². The summed E-state index contributed by atoms with van der Waals surface area (Å²) >= 11 is 0. The molecule has 1 aliphatic rings. The number of benzene rings is 2. The van der Waals surface area contributed by atoms with Crippen molar-refractivity contribution in [2.45, 2.75) is 26.7 Å². The van der Waals surface area contributed by atoms with E-state index < -0.39 is 5.91 Å². The Bertz CT molecular complexity index is 1350. The van der Waals surface area contributed by atoms with Crippen LogP contribution in [0.1, 0.15) is 23.1 Å². The molecule has 4 rings (SSSR count). The average molecular weight is 445 g/mol. The first-order valence-electron chi connectivity index (χ1n) is 10.6. The Morgan fingerprint density at radius 3 is 2.64 bits per heavy atom. The number of hydrogen-bond acceptors (Lipinski definition) is 4. The molecule has 2 N–H and O–H groups in total. The number of rotatable bonds is 4. The van der Waals surface area contributed by atoms with Gasteiger partial charge in [-0.1, -0.05) is 0 Å². The minimum atomic E-state index is -0.566. The van der Waals surface area contributed by atoms with Gasteiger partial charge in [0.2, 0.25) is 0 Å². The van der Waals surface area contributed by atoms with Gasteiger partial charge in [-0.25, -0.2) is 4.39 Å². The maximum absolute atomic E-state index is 13.8. The van der Waals surface area contributed by atoms with E-state index in [4.69, 9.17) is 11.2 Å². The summed E-state index contributed by atoms with van der Waals surface area (Å²) in [7, 11) is 1.70. The second kappa shape index (κ2) is 8.83. The summed E-state index contributed by atoms with van der Waals surface area (Å²) in [6, 6.07) is 8.03. The van der Waals surface area contributed by atoms with Gasteiger partial charge in [0, 0.05) is 36.6 Å². The van der Waals surface area contributed by atoms with Crippen LogP contribution in [0.3, 0.4) is 0 Å². The van der Waals surface area contributed by atoms with Crippen LogP contribution in [0, 0.1) is 32.0 Å². The summed E-state index contributed by atoms with van der Waals surface area (Å²) in [5.41, 5.74) is 4.67. The van der Waals surface area contributed by atoms with Gasteiger partial charge in [0.15, 0.2) is 0 Å². The number of anilines is 2. The van der Waals surface area contributed by atoms with Gasteiger partial charge in [-0.2, -0.15) is 0 Å². The molecule has 0 aliphatic carbocycles. The number of terminal acetylenes is 1. The maximum atomic E-state index is 13.8. The van der Waals surface area contributed by atoms with E-state index in [0.29, 0.717) is 39.6 Å². The van der Waals surface area contributed by atoms with E-state index in [1.807, 2.05) is 5.92 Å². The summed E-state index contributed by atoms with van der Waals surface area (Å²) in [5, 5.41) is 5.88. The van der Waals surface area contributed by atoms with Crippen molar-refractivity contribution in [3.63, 3.8) is 0 Å². The summed E-state index contributed by atoms with van der Waals surface area (Å²) in [5.74, 6) is 2.21. The monoisotopic (exact) mass is 445 g/mol. The molecule has 1 aromatic heterocycles. The minimum absolute atomic E-state index is 0.0991. The molecule has 1 aliphatic heterocycles. The standard InChI is InChI=1S/C26H24FN3O3/c1-5-23(31)29-18-8-9-22(33-25-15(2)11-17(27)12-16(25)3)20(13-18)21-14-30(4)26(32)24-19(21)7-6-10-28-24/h1,8-9,11-14,28H,6-7,10H2,2-4H3,(H,29,31). The van der Waals surface area contributed by atoms with E-state index in [-0.39, 0.29) is 11.4 Å². The first-order chi connectivity index (χ1) is 15.8. The summed E-state index contributed by atoms with van der Waals surface area (Å²) < 4.78 is 21.6. The number of ether oxygens (including phenoxy) is 1. The molecular formula is C26H24FN3O3. The SMILES string of the molecule is C#CC(=O)Nc1ccc(Oc2c(C)cc(F)cc2C)c(-c2cn(C)c(=O)c3c2CCCN3)c1. The first kappa shape index (κ1) is 22.2. The topological polar surface area (TPSA) is 72.4 Å². The van der Waals surface area contributed by atoms with Crippen molar-refractivity contribution < 1.29 is 13.9 Å². The zero-order valence-corrected chi connectivity index (χ0v) is 18.7. The van der Waals surface area contributed by atoms with Crippen molar-refractivity contribution in [1.82, 2.24) is 4.57 Å². The first-order valence-corrected chi connectivity index (χ1v) is 10.6. The van der Waals surface area contributed by atoms with E-state index >= 15 is 0 Å². The molecule has 3 aromatic rings. The van der Waals surface area contributed by atoms with Crippen molar-refractivity contribution in [2.75, 3.05) is 17.2 Å². The van der Waals surface area contributed by atoms with E-state index in [1.165, 1.54) is 16.7 Å². The van der Waals surface area contributed by atoms with Crippen LogP contribution in [0.25, 0.3) is 11.1 Å². The second-order valence-corrected chi connectivity index (χ2v) is 8.12. The number of halogens is 1. The number of amides is 1. The number of nitrogens with one attached hydrogen (secondary N) is 2. The molecule has 0 spiro atoms. The molecule has 0 unspecified atom stereocenters. The molecule has 0 saturated heterocycles. The number of pyridine rings is 1. The van der Waals surface area contributed by atoms with Crippen LogP contribution in [-0.2, 0) is 18.3 Å². The lowest BCUT2D eigenvalue weighted by Gasteiger charge is -2.23. The predicted octanol–water partition coefficient (Wildman–Crippen LogP) is 4.53. The van der Waals surface area contributed by atoms with Gasteiger partial charge in [-0.3, -0.25) is 9.59 Å². The Labute approximate surface area is 191 Å². The molecule has 0 atom stereocenters. The van der Waals surface area contributed by atoms with Crippen LogP contribution in [0.5, 0.6) is 11.5 Å². The molecule has 0 fully saturated rings. The molecule has 33 heavy (non-hydrogen) atoms. The predicted molar refractivity (Wildman–Crippen MR) is 127 cm³/mol. The Balaban J connectivity index is 1.92. The number of aryl methyl sites for hydroxylation is 3. The van der Waals surface area contributed by atoms with Crippen LogP contribution in [0.4, 0.5) is 15.8 Å². The lowest BCUT2D eigenvalue weighted by Crippen LogP contribution is -2.27. The van der Waals surface area contributed by atoms with Crippen LogP contribution < -0.4 is 20.9 Å². The third-order valence-corrected chi connectivity index (χ3v) is 5.69. The van der Waals surface area contributed by atoms with Crippen molar-refractivity contribution >= 4 is 17.3 Å². The van der Waals surface area contributed by atoms with Crippen molar-refractivity contribution in [3.8, 4) is 35.0 Å². The Morgan fingerprint density at radius 2 is 1.94 bits per heavy atom. The van der Waals surface area contributed by atoms with Crippen LogP contribution in [-0.4, -0.2) is 17.0 Å². The fraction of sp³-hybridized carbons (Fsp3) is 0.231. The van der Waals surface area contributed by atoms with Gasteiger partial charge in [-0.05, 0) is 79.6 Å². The molecule has 0 bridgehead atoms. The summed E-state index contributed by atoms with van der Waals surface area (Å²) in [6.07, 6.45) is 8.59. The summed E-state index contributed by atoms with van der Waals surface area (Å²) in [4.78, 5) is 24.5. The third-order valence-electron chi connectivity index (χ3n) is 5.69. The lowest BCUT2D eigenvalue weighted by atomic mass is 9.94. The van der Waals surface area contributed by atoms with Gasteiger partial charge >= 0.3 is 0 Å². The molecule has 2 aromatic carbocycles. The number of nitrogens with zero attached hydrogens (tertiary/aromatic N) is 1. The van der Waals surface area contributed by atoms with Gasteiger partial charge in [0.1, 0.15) is 23.0 Å². The van der Waals surface area contributed by atoms with Crippen LogP contribution in [0.2, 0.25) is 0 Å². The van der Waals surface area contributed by atoms with E-state index in [0.717, 1.165) is 30.5 Å². The second-order valence-electron chi connectivity index (χ2n) is 8.12. The van der Waals surface area contributed by atoms with Crippen molar-refractivity contribution in [2.24, 2.45) is 7.05 Å². The quantitative estimate of drug-likeness (QED) is 0.579. The number of aromatic nitrogens is 1. The molecular weight excluding hydrogens is 421 g/mol. The number of carbonyl (C=O) groups is 1. The number of hydrogen-bond donors (Lipinski definition) is 2. The molecule has 168 valence electrons. The smallest absolute Gasteiger partial charge is 0.300 e. The van der Waals surface area contributed by atoms with Gasteiger partial charge in [-0.15, -0.1) is 6.42 Å². The normalized spacial score (nSPS) is 12.3. The average Bonchev–Trinajstić information content (AvgIpc) is 2.79. The molecule has 7 heteroatoms. The molecule has 2 heterocycles. The largest absolute Gasteiger partial charge is 0.456 e. The van der Waals surface area contributed by atoms with Gasteiger partial charge in [0.05, 0.1) is 0 Å². The highest BCUT2D eigenvalue weighted by atomic mass is 19.1. The molecule has 1 amide bonds. The van der Waals surface area contributed by atoms with E-state index in [2.05, 4.69) is 10.6 Å². The fourth-order valence-electron chi connectivity index (χ4n) is 4.17. The molecule has 6 nitrogen and oxygen atoms in total. The zero-order valence-electron chi connectivity index (χ0n) is 18.7. The number of carbonyl (C=O) groups excluding carboxylic acids is 1. The summed E-state index contributed by atoms with van der Waals surface area (Å²) in [6.45, 7) is 4.29. The van der Waals surface area contributed by atoms with E-state index in [1.54, 1.807) is 45.3 Å². The molecule has 0 radical (unpaired) electrons. The Kier molecular flexibility index (Phi) is 5.93. The Hall–Kier alpha value is -4.05. The zero-order chi connectivity index (χ0) is 23.7. The number of fused-ring (bicyclic) bond motifs is 1. The van der Waals surface area contributed by atoms with Crippen molar-refractivity contribution in [1.29, 1.82) is 0 Å². The Morgan fingerprint density at radius 1 is 1.21 bits per heavy atom. The van der Waals surface area contributed by atoms with Crippen molar-refractivity contribution in [3.05, 3.63) is 69.4 Å². The molecule has 0 saturated carbocycles. The third kappa shape index (κ3) is 4.33. The van der Waals surface area contributed by atoms with E-state index in [9.17, 15) is 14.0 Å². The fourth-order valence-corrected chi connectivity index (χ4v) is 4.17. The minimum Gasteiger partial charge on any atom is -0.456 e. The lowest BCUT2D eigenvalue weighted by molar-refractivity contribution is -0.111. The van der Waals surface area contributed by atoms with Gasteiger partial charge < -0.3 is 19.9 Å². The maximum Gasteiger partial charge on any atom is 0.300 e. The van der Waals surface area contributed by atoms with Crippen LogP contribution >= 0.6 is 0 Å².